The zero-order valence-corrected chi connectivity index (χ0v) is 21.2. The maximum Gasteiger partial charge on any atom is 0.240 e. The smallest absolute Gasteiger partial charge is 0.240 e. The SMILES string of the molecule is O=S(=O)(NC[C@H]1CC[C@H](CNc2nc(Nc3cccc(F)c3)c3ccccc3n2)CC1)c1ccccc1. The summed E-state index contributed by atoms with van der Waals surface area (Å²) in [6.45, 7) is 1.19. The van der Waals surface area contributed by atoms with Crippen LogP contribution in [0.15, 0.2) is 83.8 Å². The van der Waals surface area contributed by atoms with Crippen molar-refractivity contribution < 1.29 is 12.8 Å². The summed E-state index contributed by atoms with van der Waals surface area (Å²) < 4.78 is 41.4. The molecule has 37 heavy (non-hydrogen) atoms. The molecule has 3 aromatic carbocycles. The van der Waals surface area contributed by atoms with Crippen LogP contribution in [0.3, 0.4) is 0 Å². The second-order valence-corrected chi connectivity index (χ2v) is 11.2. The van der Waals surface area contributed by atoms with E-state index >= 15 is 0 Å². The van der Waals surface area contributed by atoms with Crippen LogP contribution >= 0.6 is 0 Å². The van der Waals surface area contributed by atoms with Crippen molar-refractivity contribution in [3.05, 3.63) is 84.7 Å². The van der Waals surface area contributed by atoms with Crippen molar-refractivity contribution in [2.75, 3.05) is 23.7 Å². The van der Waals surface area contributed by atoms with Gasteiger partial charge in [-0.1, -0.05) is 36.4 Å². The van der Waals surface area contributed by atoms with Gasteiger partial charge in [-0.2, -0.15) is 4.98 Å². The lowest BCUT2D eigenvalue weighted by molar-refractivity contribution is 0.284. The minimum atomic E-state index is -3.47. The first-order valence-electron chi connectivity index (χ1n) is 12.5. The van der Waals surface area contributed by atoms with Gasteiger partial charge in [0.05, 0.1) is 10.4 Å². The van der Waals surface area contributed by atoms with Gasteiger partial charge in [0.25, 0.3) is 0 Å². The van der Waals surface area contributed by atoms with Gasteiger partial charge < -0.3 is 10.6 Å². The Balaban J connectivity index is 1.17. The summed E-state index contributed by atoms with van der Waals surface area (Å²) in [7, 11) is -3.47. The Morgan fingerprint density at radius 1 is 0.811 bits per heavy atom. The van der Waals surface area contributed by atoms with Gasteiger partial charge in [-0.3, -0.25) is 0 Å². The largest absolute Gasteiger partial charge is 0.354 e. The highest BCUT2D eigenvalue weighted by atomic mass is 32.2. The molecule has 0 amide bonds. The Morgan fingerprint density at radius 2 is 1.51 bits per heavy atom. The fraction of sp³-hybridized carbons (Fsp3) is 0.286. The summed E-state index contributed by atoms with van der Waals surface area (Å²) in [5.41, 5.74) is 1.42. The van der Waals surface area contributed by atoms with E-state index in [9.17, 15) is 12.8 Å². The molecule has 1 fully saturated rings. The molecule has 0 aliphatic heterocycles. The minimum absolute atomic E-state index is 0.300. The van der Waals surface area contributed by atoms with Crippen LogP contribution in [0.4, 0.5) is 21.8 Å². The predicted octanol–water partition coefficient (Wildman–Crippen LogP) is 5.71. The molecule has 0 bridgehead atoms. The Labute approximate surface area is 216 Å². The van der Waals surface area contributed by atoms with Gasteiger partial charge in [0.2, 0.25) is 16.0 Å². The highest BCUT2D eigenvalue weighted by molar-refractivity contribution is 7.89. The summed E-state index contributed by atoms with van der Waals surface area (Å²) in [5.74, 6) is 1.61. The van der Waals surface area contributed by atoms with Gasteiger partial charge in [-0.05, 0) is 80.0 Å². The lowest BCUT2D eigenvalue weighted by atomic mass is 9.82. The molecule has 1 aliphatic carbocycles. The molecule has 1 saturated carbocycles. The number of aromatic nitrogens is 2. The first-order chi connectivity index (χ1) is 18.0. The normalized spacial score (nSPS) is 18.0. The molecule has 192 valence electrons. The maximum atomic E-state index is 13.7. The van der Waals surface area contributed by atoms with Crippen molar-refractivity contribution in [3.63, 3.8) is 0 Å². The number of nitrogens with zero attached hydrogens (tertiary/aromatic N) is 2. The van der Waals surface area contributed by atoms with E-state index in [0.29, 0.717) is 40.7 Å². The third-order valence-electron chi connectivity index (χ3n) is 6.82. The zero-order valence-electron chi connectivity index (χ0n) is 20.4. The summed E-state index contributed by atoms with van der Waals surface area (Å²) in [4.78, 5) is 9.65. The number of hydrogen-bond donors (Lipinski definition) is 3. The Kier molecular flexibility index (Phi) is 7.62. The molecule has 0 saturated heterocycles. The maximum absolute atomic E-state index is 13.7. The number of fused-ring (bicyclic) bond motifs is 1. The van der Waals surface area contributed by atoms with E-state index in [-0.39, 0.29) is 5.82 Å². The average Bonchev–Trinajstić information content (AvgIpc) is 2.92. The Hall–Kier alpha value is -3.56. The molecule has 3 N–H and O–H groups in total. The molecule has 0 unspecified atom stereocenters. The summed E-state index contributed by atoms with van der Waals surface area (Å²) in [5, 5.41) is 7.47. The van der Waals surface area contributed by atoms with Crippen LogP contribution in [0.5, 0.6) is 0 Å². The van der Waals surface area contributed by atoms with Crippen molar-refractivity contribution in [3.8, 4) is 0 Å². The molecule has 1 aromatic heterocycles. The van der Waals surface area contributed by atoms with Crippen LogP contribution in [0.2, 0.25) is 0 Å². The van der Waals surface area contributed by atoms with E-state index in [1.165, 1.54) is 12.1 Å². The number of nitrogens with one attached hydrogen (secondary N) is 3. The van der Waals surface area contributed by atoms with Gasteiger partial charge in [0, 0.05) is 24.2 Å². The van der Waals surface area contributed by atoms with Crippen LogP contribution in [0, 0.1) is 17.7 Å². The summed E-state index contributed by atoms with van der Waals surface area (Å²) in [6.07, 6.45) is 3.95. The number of sulfonamides is 1. The Bertz CT molecular complexity index is 1460. The zero-order chi connectivity index (χ0) is 25.7. The molecule has 0 radical (unpaired) electrons. The lowest BCUT2D eigenvalue weighted by Crippen LogP contribution is -2.32. The minimum Gasteiger partial charge on any atom is -0.354 e. The number of halogens is 1. The number of rotatable bonds is 9. The average molecular weight is 520 g/mol. The van der Waals surface area contributed by atoms with E-state index < -0.39 is 10.0 Å². The standard InChI is InChI=1S/C28H30FN5O2S/c29-22-7-6-8-23(17-22)32-27-25-11-4-5-12-26(25)33-28(34-27)30-18-20-13-15-21(16-14-20)19-31-37(35,36)24-9-2-1-3-10-24/h1-12,17,20-21,31H,13-16,18-19H2,(H2,30,32,33,34)/t20-,21-. The van der Waals surface area contributed by atoms with E-state index in [2.05, 4.69) is 25.3 Å². The van der Waals surface area contributed by atoms with Crippen molar-refractivity contribution in [1.29, 1.82) is 0 Å². The fourth-order valence-electron chi connectivity index (χ4n) is 4.74. The molecule has 5 rings (SSSR count). The Morgan fingerprint density at radius 3 is 2.27 bits per heavy atom. The van der Waals surface area contributed by atoms with Crippen LogP contribution in [-0.2, 0) is 10.0 Å². The molecule has 9 heteroatoms. The summed E-state index contributed by atoms with van der Waals surface area (Å²) >= 11 is 0. The quantitative estimate of drug-likeness (QED) is 0.262. The van der Waals surface area contributed by atoms with Gasteiger partial charge in [0.1, 0.15) is 11.6 Å². The molecular weight excluding hydrogens is 489 g/mol. The van der Waals surface area contributed by atoms with Crippen LogP contribution in [-0.4, -0.2) is 31.5 Å². The number of hydrogen-bond acceptors (Lipinski definition) is 6. The monoisotopic (exact) mass is 519 g/mol. The first-order valence-corrected chi connectivity index (χ1v) is 14.0. The molecule has 4 aromatic rings. The van der Waals surface area contributed by atoms with Gasteiger partial charge in [-0.25, -0.2) is 22.5 Å². The molecule has 0 atom stereocenters. The van der Waals surface area contributed by atoms with Crippen LogP contribution < -0.4 is 15.4 Å². The van der Waals surface area contributed by atoms with Crippen molar-refractivity contribution in [1.82, 2.24) is 14.7 Å². The highest BCUT2D eigenvalue weighted by Gasteiger charge is 2.23. The second kappa shape index (κ2) is 11.2. The second-order valence-electron chi connectivity index (χ2n) is 9.48. The van der Waals surface area contributed by atoms with E-state index in [4.69, 9.17) is 0 Å². The lowest BCUT2D eigenvalue weighted by Gasteiger charge is -2.28. The molecule has 1 aliphatic rings. The van der Waals surface area contributed by atoms with Crippen LogP contribution in [0.1, 0.15) is 25.7 Å². The van der Waals surface area contributed by atoms with E-state index in [1.807, 2.05) is 24.3 Å². The highest BCUT2D eigenvalue weighted by Crippen LogP contribution is 2.30. The van der Waals surface area contributed by atoms with E-state index in [1.54, 1.807) is 42.5 Å². The van der Waals surface area contributed by atoms with Crippen molar-refractivity contribution >= 4 is 38.4 Å². The fourth-order valence-corrected chi connectivity index (χ4v) is 5.88. The van der Waals surface area contributed by atoms with Crippen molar-refractivity contribution in [2.45, 2.75) is 30.6 Å². The third kappa shape index (κ3) is 6.42. The van der Waals surface area contributed by atoms with Gasteiger partial charge >= 0.3 is 0 Å². The number of para-hydroxylation sites is 1. The predicted molar refractivity (Wildman–Crippen MR) is 145 cm³/mol. The molecule has 0 spiro atoms. The van der Waals surface area contributed by atoms with Crippen molar-refractivity contribution in [2.24, 2.45) is 11.8 Å². The van der Waals surface area contributed by atoms with E-state index in [0.717, 1.165) is 43.1 Å². The number of anilines is 3. The molecule has 7 nitrogen and oxygen atoms in total. The first kappa shape index (κ1) is 25.1. The van der Waals surface area contributed by atoms with Gasteiger partial charge in [0.15, 0.2) is 0 Å². The molecular formula is C28H30FN5O2S. The topological polar surface area (TPSA) is 96.0 Å². The number of benzene rings is 3. The summed E-state index contributed by atoms with van der Waals surface area (Å²) in [6, 6.07) is 22.5. The van der Waals surface area contributed by atoms with Crippen LogP contribution in [0.25, 0.3) is 10.9 Å². The van der Waals surface area contributed by atoms with Gasteiger partial charge in [-0.15, -0.1) is 0 Å². The third-order valence-corrected chi connectivity index (χ3v) is 8.26. The molecule has 1 heterocycles.